The summed E-state index contributed by atoms with van der Waals surface area (Å²) < 4.78 is 0. The third-order valence-corrected chi connectivity index (χ3v) is 3.23. The lowest BCUT2D eigenvalue weighted by atomic mass is 10.1. The molecule has 0 radical (unpaired) electrons. The number of nitrogens with zero attached hydrogens (tertiary/aromatic N) is 3. The molecule has 0 aromatic rings. The Kier molecular flexibility index (Phi) is 6.29. The molecule has 0 saturated carbocycles. The van der Waals surface area contributed by atoms with E-state index < -0.39 is 0 Å². The highest BCUT2D eigenvalue weighted by Crippen LogP contribution is 2.07. The van der Waals surface area contributed by atoms with Crippen LogP contribution < -0.4 is 5.73 Å². The SMILES string of the molecule is CC(C)CCCN1CCN(CC(N)=NO)CC1. The Balaban J connectivity index is 2.13. The van der Waals surface area contributed by atoms with E-state index in [0.29, 0.717) is 12.4 Å². The molecule has 5 nitrogen and oxygen atoms in total. The molecule has 0 bridgehead atoms. The zero-order valence-electron chi connectivity index (χ0n) is 11.1. The maximum Gasteiger partial charge on any atom is 0.153 e. The van der Waals surface area contributed by atoms with Crippen molar-refractivity contribution >= 4 is 5.84 Å². The van der Waals surface area contributed by atoms with Crippen molar-refractivity contribution in [1.29, 1.82) is 0 Å². The van der Waals surface area contributed by atoms with E-state index in [1.54, 1.807) is 0 Å². The fourth-order valence-electron chi connectivity index (χ4n) is 2.15. The smallest absolute Gasteiger partial charge is 0.153 e. The average molecular weight is 242 g/mol. The molecule has 1 aliphatic heterocycles. The number of oxime groups is 1. The number of hydrogen-bond donors (Lipinski definition) is 2. The molecule has 1 aliphatic rings. The highest BCUT2D eigenvalue weighted by molar-refractivity contribution is 5.81. The van der Waals surface area contributed by atoms with Crippen molar-refractivity contribution in [3.8, 4) is 0 Å². The van der Waals surface area contributed by atoms with Crippen LogP contribution in [0.4, 0.5) is 0 Å². The lowest BCUT2D eigenvalue weighted by molar-refractivity contribution is 0.141. The Morgan fingerprint density at radius 3 is 2.35 bits per heavy atom. The molecular formula is C12H26N4O. The summed E-state index contributed by atoms with van der Waals surface area (Å²) in [5.74, 6) is 1.11. The van der Waals surface area contributed by atoms with Crippen LogP contribution in [-0.4, -0.2) is 60.1 Å². The van der Waals surface area contributed by atoms with E-state index in [1.807, 2.05) is 0 Å². The molecule has 0 aromatic heterocycles. The molecule has 0 aliphatic carbocycles. The second-order valence-electron chi connectivity index (χ2n) is 5.25. The van der Waals surface area contributed by atoms with Gasteiger partial charge in [0.25, 0.3) is 0 Å². The first-order chi connectivity index (χ1) is 8.11. The highest BCUT2D eigenvalue weighted by atomic mass is 16.4. The third kappa shape index (κ3) is 5.89. The summed E-state index contributed by atoms with van der Waals surface area (Å²) in [6.07, 6.45) is 2.60. The number of hydrogen-bond acceptors (Lipinski definition) is 4. The Morgan fingerprint density at radius 1 is 1.24 bits per heavy atom. The minimum atomic E-state index is 0.304. The average Bonchev–Trinajstić information content (AvgIpc) is 2.31. The molecule has 1 rings (SSSR count). The van der Waals surface area contributed by atoms with Gasteiger partial charge in [-0.1, -0.05) is 19.0 Å². The number of nitrogens with two attached hydrogens (primary N) is 1. The summed E-state index contributed by atoms with van der Waals surface area (Å²) in [7, 11) is 0. The molecule has 3 N–H and O–H groups in total. The third-order valence-electron chi connectivity index (χ3n) is 3.23. The van der Waals surface area contributed by atoms with Crippen molar-refractivity contribution in [2.45, 2.75) is 26.7 Å². The van der Waals surface area contributed by atoms with Gasteiger partial charge < -0.3 is 15.8 Å². The minimum absolute atomic E-state index is 0.304. The molecule has 100 valence electrons. The van der Waals surface area contributed by atoms with Gasteiger partial charge in [-0.3, -0.25) is 4.90 Å². The number of rotatable bonds is 6. The summed E-state index contributed by atoms with van der Waals surface area (Å²) in [5, 5.41) is 11.5. The van der Waals surface area contributed by atoms with Gasteiger partial charge in [0.05, 0.1) is 6.54 Å². The topological polar surface area (TPSA) is 65.1 Å². The van der Waals surface area contributed by atoms with Crippen molar-refractivity contribution in [3.63, 3.8) is 0 Å². The van der Waals surface area contributed by atoms with Crippen LogP contribution >= 0.6 is 0 Å². The maximum atomic E-state index is 8.51. The fraction of sp³-hybridized carbons (Fsp3) is 0.917. The normalized spacial score (nSPS) is 20.1. The van der Waals surface area contributed by atoms with Gasteiger partial charge in [0, 0.05) is 26.2 Å². The first-order valence-electron chi connectivity index (χ1n) is 6.53. The van der Waals surface area contributed by atoms with Crippen LogP contribution in [0.15, 0.2) is 5.16 Å². The van der Waals surface area contributed by atoms with Crippen LogP contribution in [0.3, 0.4) is 0 Å². The van der Waals surface area contributed by atoms with Crippen LogP contribution in [0.25, 0.3) is 0 Å². The second-order valence-corrected chi connectivity index (χ2v) is 5.25. The molecule has 1 fully saturated rings. The van der Waals surface area contributed by atoms with Gasteiger partial charge in [-0.05, 0) is 25.3 Å². The lowest BCUT2D eigenvalue weighted by Crippen LogP contribution is -2.49. The van der Waals surface area contributed by atoms with E-state index >= 15 is 0 Å². The van der Waals surface area contributed by atoms with E-state index in [4.69, 9.17) is 10.9 Å². The van der Waals surface area contributed by atoms with Gasteiger partial charge in [0.2, 0.25) is 0 Å². The van der Waals surface area contributed by atoms with Crippen LogP contribution in [0, 0.1) is 5.92 Å². The summed E-state index contributed by atoms with van der Waals surface area (Å²) in [5.41, 5.74) is 5.50. The van der Waals surface area contributed by atoms with Crippen molar-refractivity contribution in [1.82, 2.24) is 9.80 Å². The first kappa shape index (κ1) is 14.3. The van der Waals surface area contributed by atoms with Gasteiger partial charge in [0.15, 0.2) is 5.84 Å². The van der Waals surface area contributed by atoms with Crippen molar-refractivity contribution < 1.29 is 5.21 Å². The quantitative estimate of drug-likeness (QED) is 0.313. The van der Waals surface area contributed by atoms with Gasteiger partial charge >= 0.3 is 0 Å². The molecule has 0 spiro atoms. The molecule has 0 atom stereocenters. The standard InChI is InChI=1S/C12H26N4O/c1-11(2)4-3-5-15-6-8-16(9-7-15)10-12(13)14-17/h11,17H,3-10H2,1-2H3,(H2,13,14). The molecule has 0 aromatic carbocycles. The molecule has 1 heterocycles. The minimum Gasteiger partial charge on any atom is -0.409 e. The van der Waals surface area contributed by atoms with Crippen molar-refractivity contribution in [2.75, 3.05) is 39.3 Å². The number of piperazine rings is 1. The Hall–Kier alpha value is -0.810. The molecular weight excluding hydrogens is 216 g/mol. The summed E-state index contributed by atoms with van der Waals surface area (Å²) in [6, 6.07) is 0. The van der Waals surface area contributed by atoms with Crippen LogP contribution in [0.2, 0.25) is 0 Å². The van der Waals surface area contributed by atoms with Crippen LogP contribution in [0.1, 0.15) is 26.7 Å². The van der Waals surface area contributed by atoms with Crippen molar-refractivity contribution in [3.05, 3.63) is 0 Å². The summed E-state index contributed by atoms with van der Waals surface area (Å²) in [4.78, 5) is 4.74. The fourth-order valence-corrected chi connectivity index (χ4v) is 2.15. The largest absolute Gasteiger partial charge is 0.409 e. The maximum absolute atomic E-state index is 8.51. The Labute approximate surface area is 104 Å². The molecule has 1 saturated heterocycles. The van der Waals surface area contributed by atoms with Crippen LogP contribution in [0.5, 0.6) is 0 Å². The predicted molar refractivity (Wildman–Crippen MR) is 70.4 cm³/mol. The molecule has 0 amide bonds. The van der Waals surface area contributed by atoms with E-state index in [9.17, 15) is 0 Å². The predicted octanol–water partition coefficient (Wildman–Crippen LogP) is 0.787. The highest BCUT2D eigenvalue weighted by Gasteiger charge is 2.17. The zero-order valence-corrected chi connectivity index (χ0v) is 11.1. The van der Waals surface area contributed by atoms with Crippen LogP contribution in [-0.2, 0) is 0 Å². The van der Waals surface area contributed by atoms with E-state index in [0.717, 1.165) is 32.1 Å². The second kappa shape index (κ2) is 7.50. The zero-order chi connectivity index (χ0) is 12.7. The van der Waals surface area contributed by atoms with Crippen molar-refractivity contribution in [2.24, 2.45) is 16.8 Å². The first-order valence-corrected chi connectivity index (χ1v) is 6.53. The van der Waals surface area contributed by atoms with Gasteiger partial charge in [0.1, 0.15) is 0 Å². The van der Waals surface area contributed by atoms with Gasteiger partial charge in [-0.15, -0.1) is 0 Å². The van der Waals surface area contributed by atoms with E-state index in [1.165, 1.54) is 19.4 Å². The summed E-state index contributed by atoms with van der Waals surface area (Å²) in [6.45, 7) is 10.5. The Bertz CT molecular complexity index is 235. The van der Waals surface area contributed by atoms with E-state index in [-0.39, 0.29) is 0 Å². The number of amidine groups is 1. The molecule has 0 unspecified atom stereocenters. The van der Waals surface area contributed by atoms with Gasteiger partial charge in [-0.2, -0.15) is 0 Å². The van der Waals surface area contributed by atoms with Gasteiger partial charge in [-0.25, -0.2) is 0 Å². The lowest BCUT2D eigenvalue weighted by Gasteiger charge is -2.34. The van der Waals surface area contributed by atoms with E-state index in [2.05, 4.69) is 28.8 Å². The molecule has 17 heavy (non-hydrogen) atoms. The summed E-state index contributed by atoms with van der Waals surface area (Å²) >= 11 is 0. The molecule has 5 heteroatoms. The Morgan fingerprint density at radius 2 is 1.82 bits per heavy atom. The monoisotopic (exact) mass is 242 g/mol.